The number of carbonyl (C=O) groups excluding carboxylic acids is 1. The van der Waals surface area contributed by atoms with Crippen LogP contribution < -0.4 is 5.32 Å². The maximum absolute atomic E-state index is 12.0. The number of hydrogen-bond donors (Lipinski definition) is 2. The number of nitrogens with zero attached hydrogens (tertiary/aromatic N) is 1. The number of aromatic nitrogens is 1. The molecule has 0 fully saturated rings. The van der Waals surface area contributed by atoms with Gasteiger partial charge in [0.05, 0.1) is 12.4 Å². The zero-order valence-corrected chi connectivity index (χ0v) is 12.4. The summed E-state index contributed by atoms with van der Waals surface area (Å²) in [5, 5.41) is 13.0. The van der Waals surface area contributed by atoms with Crippen LogP contribution in [0.15, 0.2) is 22.8 Å². The number of rotatable bonds is 6. The molecule has 20 heavy (non-hydrogen) atoms. The number of aliphatic hydroxyl groups is 1. The quantitative estimate of drug-likeness (QED) is 0.858. The molecular weight excluding hydrogens is 276 g/mol. The summed E-state index contributed by atoms with van der Waals surface area (Å²) in [5.74, 6) is 0.398. The van der Waals surface area contributed by atoms with E-state index >= 15 is 0 Å². The van der Waals surface area contributed by atoms with E-state index in [2.05, 4.69) is 10.3 Å². The second kappa shape index (κ2) is 6.67. The first kappa shape index (κ1) is 14.7. The van der Waals surface area contributed by atoms with Gasteiger partial charge in [-0.25, -0.2) is 4.98 Å². The largest absolute Gasteiger partial charge is 0.462 e. The van der Waals surface area contributed by atoms with Gasteiger partial charge in [0.15, 0.2) is 10.8 Å². The second-order valence-electron chi connectivity index (χ2n) is 4.55. The number of aryl methyl sites for hydroxylation is 1. The molecule has 0 aliphatic carbocycles. The SMILES string of the molecule is CCCC(O)CNC(=O)c1nc(-c2ccco2)sc1C. The van der Waals surface area contributed by atoms with Gasteiger partial charge in [0.25, 0.3) is 5.91 Å². The van der Waals surface area contributed by atoms with E-state index in [9.17, 15) is 9.90 Å². The first-order chi connectivity index (χ1) is 9.61. The Labute approximate surface area is 121 Å². The highest BCUT2D eigenvalue weighted by molar-refractivity contribution is 7.15. The van der Waals surface area contributed by atoms with Crippen molar-refractivity contribution >= 4 is 17.2 Å². The van der Waals surface area contributed by atoms with Crippen LogP contribution in [0.5, 0.6) is 0 Å². The number of hydrogen-bond acceptors (Lipinski definition) is 5. The summed E-state index contributed by atoms with van der Waals surface area (Å²) in [6.45, 7) is 4.09. The number of furan rings is 1. The van der Waals surface area contributed by atoms with Gasteiger partial charge in [-0.05, 0) is 25.5 Å². The molecule has 2 N–H and O–H groups in total. The molecule has 6 heteroatoms. The lowest BCUT2D eigenvalue weighted by molar-refractivity contribution is 0.0905. The highest BCUT2D eigenvalue weighted by Crippen LogP contribution is 2.27. The molecule has 0 aliphatic heterocycles. The van der Waals surface area contributed by atoms with Gasteiger partial charge in [-0.1, -0.05) is 13.3 Å². The van der Waals surface area contributed by atoms with Gasteiger partial charge in [-0.15, -0.1) is 11.3 Å². The standard InChI is InChI=1S/C14H18N2O3S/c1-3-5-10(17)8-15-13(18)12-9(2)20-14(16-12)11-6-4-7-19-11/h4,6-7,10,17H,3,5,8H2,1-2H3,(H,15,18). The number of aliphatic hydroxyl groups excluding tert-OH is 1. The minimum absolute atomic E-state index is 0.250. The van der Waals surface area contributed by atoms with Crippen LogP contribution in [0.1, 0.15) is 35.1 Å². The highest BCUT2D eigenvalue weighted by Gasteiger charge is 2.18. The summed E-state index contributed by atoms with van der Waals surface area (Å²) in [4.78, 5) is 17.2. The van der Waals surface area contributed by atoms with Crippen molar-refractivity contribution < 1.29 is 14.3 Å². The molecule has 0 aromatic carbocycles. The third kappa shape index (κ3) is 3.46. The van der Waals surface area contributed by atoms with E-state index in [4.69, 9.17) is 4.42 Å². The first-order valence-electron chi connectivity index (χ1n) is 6.59. The predicted octanol–water partition coefficient (Wildman–Crippen LogP) is 2.60. The van der Waals surface area contributed by atoms with Gasteiger partial charge in [0, 0.05) is 11.4 Å². The summed E-state index contributed by atoms with van der Waals surface area (Å²) >= 11 is 1.42. The maximum Gasteiger partial charge on any atom is 0.271 e. The van der Waals surface area contributed by atoms with E-state index in [1.807, 2.05) is 19.9 Å². The molecule has 0 saturated heterocycles. The second-order valence-corrected chi connectivity index (χ2v) is 5.76. The Morgan fingerprint density at radius 3 is 3.05 bits per heavy atom. The molecule has 1 atom stereocenters. The van der Waals surface area contributed by atoms with Crippen molar-refractivity contribution in [1.29, 1.82) is 0 Å². The molecule has 2 aromatic rings. The summed E-state index contributed by atoms with van der Waals surface area (Å²) < 4.78 is 5.27. The third-order valence-electron chi connectivity index (χ3n) is 2.86. The van der Waals surface area contributed by atoms with Crippen molar-refractivity contribution in [2.45, 2.75) is 32.8 Å². The van der Waals surface area contributed by atoms with E-state index in [1.54, 1.807) is 12.3 Å². The Morgan fingerprint density at radius 2 is 2.40 bits per heavy atom. The van der Waals surface area contributed by atoms with Gasteiger partial charge in [0.1, 0.15) is 5.69 Å². The van der Waals surface area contributed by atoms with Gasteiger partial charge in [-0.2, -0.15) is 0 Å². The lowest BCUT2D eigenvalue weighted by Crippen LogP contribution is -2.32. The third-order valence-corrected chi connectivity index (χ3v) is 3.85. The van der Waals surface area contributed by atoms with Crippen molar-refractivity contribution in [3.8, 4) is 10.8 Å². The van der Waals surface area contributed by atoms with Crippen LogP contribution in [0.2, 0.25) is 0 Å². The molecule has 2 aromatic heterocycles. The van der Waals surface area contributed by atoms with E-state index < -0.39 is 6.10 Å². The Morgan fingerprint density at radius 1 is 1.60 bits per heavy atom. The first-order valence-corrected chi connectivity index (χ1v) is 7.41. The highest BCUT2D eigenvalue weighted by atomic mass is 32.1. The number of thiazole rings is 1. The van der Waals surface area contributed by atoms with Gasteiger partial charge in [0.2, 0.25) is 0 Å². The van der Waals surface area contributed by atoms with Gasteiger partial charge < -0.3 is 14.8 Å². The zero-order valence-electron chi connectivity index (χ0n) is 11.5. The molecule has 0 aliphatic rings. The Balaban J connectivity index is 2.03. The topological polar surface area (TPSA) is 75.4 Å². The Kier molecular flexibility index (Phi) is 4.92. The average Bonchev–Trinajstić information content (AvgIpc) is 3.05. The molecule has 0 radical (unpaired) electrons. The number of amides is 1. The molecule has 0 spiro atoms. The molecule has 5 nitrogen and oxygen atoms in total. The summed E-state index contributed by atoms with van der Waals surface area (Å²) in [7, 11) is 0. The van der Waals surface area contributed by atoms with Crippen LogP contribution >= 0.6 is 11.3 Å². The average molecular weight is 294 g/mol. The fourth-order valence-corrected chi connectivity index (χ4v) is 2.72. The molecule has 1 unspecified atom stereocenters. The molecule has 0 bridgehead atoms. The summed E-state index contributed by atoms with van der Waals surface area (Å²) in [5.41, 5.74) is 0.394. The maximum atomic E-state index is 12.0. The van der Waals surface area contributed by atoms with Crippen LogP contribution in [0.3, 0.4) is 0 Å². The van der Waals surface area contributed by atoms with E-state index in [0.717, 1.165) is 11.3 Å². The van der Waals surface area contributed by atoms with E-state index in [-0.39, 0.29) is 12.5 Å². The smallest absolute Gasteiger partial charge is 0.271 e. The summed E-state index contributed by atoms with van der Waals surface area (Å²) in [6, 6.07) is 3.60. The Hall–Kier alpha value is -1.66. The number of carbonyl (C=O) groups is 1. The summed E-state index contributed by atoms with van der Waals surface area (Å²) in [6.07, 6.45) is 2.63. The molecule has 0 saturated carbocycles. The van der Waals surface area contributed by atoms with E-state index in [1.165, 1.54) is 11.3 Å². The fraction of sp³-hybridized carbons (Fsp3) is 0.429. The fourth-order valence-electron chi connectivity index (χ4n) is 1.84. The van der Waals surface area contributed by atoms with Crippen LogP contribution in [0.4, 0.5) is 0 Å². The minimum atomic E-state index is -0.507. The number of nitrogens with one attached hydrogen (secondary N) is 1. The molecule has 2 rings (SSSR count). The van der Waals surface area contributed by atoms with Crippen LogP contribution in [0.25, 0.3) is 10.8 Å². The molecule has 1 amide bonds. The normalized spacial score (nSPS) is 12.3. The lowest BCUT2D eigenvalue weighted by Gasteiger charge is -2.09. The van der Waals surface area contributed by atoms with Gasteiger partial charge >= 0.3 is 0 Å². The Bertz CT molecular complexity index is 563. The predicted molar refractivity (Wildman–Crippen MR) is 77.8 cm³/mol. The van der Waals surface area contributed by atoms with Crippen LogP contribution in [0, 0.1) is 6.92 Å². The van der Waals surface area contributed by atoms with Crippen molar-refractivity contribution in [2.24, 2.45) is 0 Å². The van der Waals surface area contributed by atoms with E-state index in [0.29, 0.717) is 22.9 Å². The van der Waals surface area contributed by atoms with Crippen molar-refractivity contribution in [2.75, 3.05) is 6.54 Å². The molecule has 108 valence electrons. The minimum Gasteiger partial charge on any atom is -0.462 e. The molecule has 2 heterocycles. The monoisotopic (exact) mass is 294 g/mol. The van der Waals surface area contributed by atoms with Crippen molar-refractivity contribution in [1.82, 2.24) is 10.3 Å². The van der Waals surface area contributed by atoms with Crippen molar-refractivity contribution in [3.05, 3.63) is 29.0 Å². The van der Waals surface area contributed by atoms with Crippen molar-refractivity contribution in [3.63, 3.8) is 0 Å². The lowest BCUT2D eigenvalue weighted by atomic mass is 10.2. The van der Waals surface area contributed by atoms with Crippen LogP contribution in [-0.4, -0.2) is 28.6 Å². The van der Waals surface area contributed by atoms with Crippen LogP contribution in [-0.2, 0) is 0 Å². The molecular formula is C14H18N2O3S. The van der Waals surface area contributed by atoms with Gasteiger partial charge in [-0.3, -0.25) is 4.79 Å². The zero-order chi connectivity index (χ0) is 14.5.